The highest BCUT2D eigenvalue weighted by Crippen LogP contribution is 2.38. The molecule has 0 saturated carbocycles. The van der Waals surface area contributed by atoms with Crippen LogP contribution in [0.15, 0.2) is 84.9 Å². The summed E-state index contributed by atoms with van der Waals surface area (Å²) < 4.78 is 15.9. The van der Waals surface area contributed by atoms with E-state index < -0.39 is 5.91 Å². The minimum absolute atomic E-state index is 0.0850. The SMILES string of the molecule is COc1cc(C(=O)NC(=S)Nc2cccc(NC(=O)c3ccc(-c4ccccc4)cc3)c2C)cc(OC)c1OC. The molecule has 0 saturated heterocycles. The van der Waals surface area contributed by atoms with Crippen molar-refractivity contribution in [2.24, 2.45) is 0 Å². The first-order chi connectivity index (χ1) is 19.3. The summed E-state index contributed by atoms with van der Waals surface area (Å²) >= 11 is 5.39. The van der Waals surface area contributed by atoms with E-state index in [0.717, 1.165) is 16.7 Å². The fourth-order valence-corrected chi connectivity index (χ4v) is 4.29. The zero-order valence-electron chi connectivity index (χ0n) is 22.5. The molecule has 4 aromatic carbocycles. The third-order valence-electron chi connectivity index (χ3n) is 6.24. The van der Waals surface area contributed by atoms with Gasteiger partial charge in [0.05, 0.1) is 21.3 Å². The number of amides is 2. The Bertz CT molecular complexity index is 1510. The molecule has 0 heterocycles. The summed E-state index contributed by atoms with van der Waals surface area (Å²) in [6.07, 6.45) is 0. The van der Waals surface area contributed by atoms with Gasteiger partial charge in [0.1, 0.15) is 0 Å². The summed E-state index contributed by atoms with van der Waals surface area (Å²) in [6.45, 7) is 1.85. The van der Waals surface area contributed by atoms with E-state index in [9.17, 15) is 9.59 Å². The fourth-order valence-electron chi connectivity index (χ4n) is 4.09. The Labute approximate surface area is 238 Å². The van der Waals surface area contributed by atoms with Crippen LogP contribution in [-0.2, 0) is 0 Å². The molecule has 0 spiro atoms. The molecule has 0 bridgehead atoms. The Morgan fingerprint density at radius 3 is 1.80 bits per heavy atom. The number of rotatable bonds is 8. The second-order valence-electron chi connectivity index (χ2n) is 8.70. The second-order valence-corrected chi connectivity index (χ2v) is 9.11. The average molecular weight is 556 g/mol. The average Bonchev–Trinajstić information content (AvgIpc) is 2.98. The molecule has 9 heteroatoms. The first-order valence-corrected chi connectivity index (χ1v) is 12.7. The van der Waals surface area contributed by atoms with E-state index in [1.807, 2.05) is 49.4 Å². The van der Waals surface area contributed by atoms with Crippen LogP contribution in [0.5, 0.6) is 17.2 Å². The molecular formula is C31H29N3O5S. The van der Waals surface area contributed by atoms with Crippen molar-refractivity contribution in [1.82, 2.24) is 5.32 Å². The predicted molar refractivity (Wildman–Crippen MR) is 161 cm³/mol. The fraction of sp³-hybridized carbons (Fsp3) is 0.129. The van der Waals surface area contributed by atoms with Crippen molar-refractivity contribution in [3.63, 3.8) is 0 Å². The van der Waals surface area contributed by atoms with Crippen molar-refractivity contribution in [2.75, 3.05) is 32.0 Å². The van der Waals surface area contributed by atoms with Crippen LogP contribution in [0, 0.1) is 6.92 Å². The third-order valence-corrected chi connectivity index (χ3v) is 6.44. The molecule has 4 rings (SSSR count). The molecular weight excluding hydrogens is 526 g/mol. The van der Waals surface area contributed by atoms with Crippen molar-refractivity contribution >= 4 is 40.5 Å². The Morgan fingerprint density at radius 1 is 0.650 bits per heavy atom. The smallest absolute Gasteiger partial charge is 0.257 e. The molecule has 0 aromatic heterocycles. The first kappa shape index (κ1) is 28.1. The normalized spacial score (nSPS) is 10.3. The summed E-state index contributed by atoms with van der Waals surface area (Å²) in [5, 5.41) is 8.73. The van der Waals surface area contributed by atoms with Crippen LogP contribution < -0.4 is 30.2 Å². The topological polar surface area (TPSA) is 97.9 Å². The Morgan fingerprint density at radius 2 is 1.23 bits per heavy atom. The van der Waals surface area contributed by atoms with Gasteiger partial charge in [-0.15, -0.1) is 0 Å². The van der Waals surface area contributed by atoms with E-state index in [-0.39, 0.29) is 16.6 Å². The van der Waals surface area contributed by atoms with Crippen LogP contribution >= 0.6 is 12.2 Å². The molecule has 0 radical (unpaired) electrons. The van der Waals surface area contributed by atoms with Gasteiger partial charge in [0, 0.05) is 22.5 Å². The van der Waals surface area contributed by atoms with Crippen LogP contribution in [0.1, 0.15) is 26.3 Å². The van der Waals surface area contributed by atoms with Crippen LogP contribution in [-0.4, -0.2) is 38.3 Å². The third kappa shape index (κ3) is 6.39. The molecule has 0 aliphatic rings. The highest BCUT2D eigenvalue weighted by atomic mass is 32.1. The van der Waals surface area contributed by atoms with Crippen molar-refractivity contribution in [3.05, 3.63) is 102 Å². The van der Waals surface area contributed by atoms with E-state index in [4.69, 9.17) is 26.4 Å². The molecule has 0 aliphatic carbocycles. The summed E-state index contributed by atoms with van der Waals surface area (Å²) in [5.41, 5.74) is 4.91. The van der Waals surface area contributed by atoms with Gasteiger partial charge < -0.3 is 24.8 Å². The number of benzene rings is 4. The molecule has 4 aromatic rings. The summed E-state index contributed by atoms with van der Waals surface area (Å²) in [7, 11) is 4.43. The molecule has 0 fully saturated rings. The van der Waals surface area contributed by atoms with Crippen LogP contribution in [0.25, 0.3) is 11.1 Å². The van der Waals surface area contributed by atoms with Gasteiger partial charge in [0.2, 0.25) is 5.75 Å². The number of hydrogen-bond acceptors (Lipinski definition) is 6. The Balaban J connectivity index is 1.43. The van der Waals surface area contributed by atoms with E-state index in [2.05, 4.69) is 16.0 Å². The van der Waals surface area contributed by atoms with Crippen molar-refractivity contribution in [3.8, 4) is 28.4 Å². The summed E-state index contributed by atoms with van der Waals surface area (Å²) in [5.74, 6) is 0.375. The molecule has 0 atom stereocenters. The molecule has 0 aliphatic heterocycles. The van der Waals surface area contributed by atoms with Gasteiger partial charge >= 0.3 is 0 Å². The van der Waals surface area contributed by atoms with Crippen molar-refractivity contribution < 1.29 is 23.8 Å². The first-order valence-electron chi connectivity index (χ1n) is 12.3. The highest BCUT2D eigenvalue weighted by molar-refractivity contribution is 7.80. The van der Waals surface area contributed by atoms with E-state index in [1.165, 1.54) is 33.5 Å². The van der Waals surface area contributed by atoms with Gasteiger partial charge in [0.25, 0.3) is 11.8 Å². The summed E-state index contributed by atoms with van der Waals surface area (Å²) in [6, 6.07) is 25.9. The number of nitrogens with one attached hydrogen (secondary N) is 3. The van der Waals surface area contributed by atoms with Crippen LogP contribution in [0.2, 0.25) is 0 Å². The van der Waals surface area contributed by atoms with E-state index >= 15 is 0 Å². The lowest BCUT2D eigenvalue weighted by molar-refractivity contribution is 0.0975. The van der Waals surface area contributed by atoms with Gasteiger partial charge in [0.15, 0.2) is 16.6 Å². The number of methoxy groups -OCH3 is 3. The number of carbonyl (C=O) groups is 2. The number of carbonyl (C=O) groups excluding carboxylic acids is 2. The lowest BCUT2D eigenvalue weighted by atomic mass is 10.0. The standard InChI is InChI=1S/C31H29N3O5S/c1-19-24(32-29(35)22-15-13-21(14-16-22)20-9-6-5-7-10-20)11-8-12-25(19)33-31(40)34-30(36)23-17-26(37-2)28(39-4)27(18-23)38-3/h5-18H,1-4H3,(H,32,35)(H2,33,34,36,40). The highest BCUT2D eigenvalue weighted by Gasteiger charge is 2.18. The summed E-state index contributed by atoms with van der Waals surface area (Å²) in [4.78, 5) is 25.9. The zero-order chi connectivity index (χ0) is 28.6. The number of thiocarbonyl (C=S) groups is 1. The monoisotopic (exact) mass is 555 g/mol. The van der Waals surface area contributed by atoms with Crippen LogP contribution in [0.4, 0.5) is 11.4 Å². The maximum absolute atomic E-state index is 13.0. The quantitative estimate of drug-likeness (QED) is 0.227. The van der Waals surface area contributed by atoms with Gasteiger partial charge in [-0.05, 0) is 72.2 Å². The number of hydrogen-bond donors (Lipinski definition) is 3. The molecule has 0 unspecified atom stereocenters. The van der Waals surface area contributed by atoms with Crippen LogP contribution in [0.3, 0.4) is 0 Å². The molecule has 2 amide bonds. The van der Waals surface area contributed by atoms with Gasteiger partial charge in [-0.1, -0.05) is 48.5 Å². The molecule has 8 nitrogen and oxygen atoms in total. The van der Waals surface area contributed by atoms with Gasteiger partial charge in [-0.3, -0.25) is 14.9 Å². The number of anilines is 2. The largest absolute Gasteiger partial charge is 0.493 e. The van der Waals surface area contributed by atoms with Crippen molar-refractivity contribution in [2.45, 2.75) is 6.92 Å². The number of ether oxygens (including phenoxy) is 3. The minimum Gasteiger partial charge on any atom is -0.493 e. The Hall–Kier alpha value is -4.89. The molecule has 40 heavy (non-hydrogen) atoms. The van der Waals surface area contributed by atoms with Gasteiger partial charge in [-0.25, -0.2) is 0 Å². The second kappa shape index (κ2) is 12.8. The van der Waals surface area contributed by atoms with Crippen molar-refractivity contribution in [1.29, 1.82) is 0 Å². The lowest BCUT2D eigenvalue weighted by Crippen LogP contribution is -2.34. The van der Waals surface area contributed by atoms with E-state index in [0.29, 0.717) is 34.2 Å². The molecule has 3 N–H and O–H groups in total. The Kier molecular flexibility index (Phi) is 8.98. The minimum atomic E-state index is -0.460. The maximum Gasteiger partial charge on any atom is 0.257 e. The zero-order valence-corrected chi connectivity index (χ0v) is 23.3. The predicted octanol–water partition coefficient (Wildman–Crippen LogP) is 6.07. The van der Waals surface area contributed by atoms with E-state index in [1.54, 1.807) is 30.3 Å². The van der Waals surface area contributed by atoms with Gasteiger partial charge in [-0.2, -0.15) is 0 Å². The molecule has 204 valence electrons. The lowest BCUT2D eigenvalue weighted by Gasteiger charge is -2.16. The maximum atomic E-state index is 13.0.